The summed E-state index contributed by atoms with van der Waals surface area (Å²) in [6, 6.07) is 4.47. The predicted molar refractivity (Wildman–Crippen MR) is 64.0 cm³/mol. The Hall–Kier alpha value is -0.870. The minimum atomic E-state index is 0.0349. The number of carbonyl (C=O) groups is 1. The van der Waals surface area contributed by atoms with Crippen molar-refractivity contribution in [2.75, 3.05) is 13.6 Å². The van der Waals surface area contributed by atoms with Crippen molar-refractivity contribution in [1.82, 2.24) is 10.6 Å². The highest BCUT2D eigenvalue weighted by molar-refractivity contribution is 7.10. The van der Waals surface area contributed by atoms with Gasteiger partial charge in [0, 0.05) is 18.0 Å². The summed E-state index contributed by atoms with van der Waals surface area (Å²) in [6.07, 6.45) is 2.18. The summed E-state index contributed by atoms with van der Waals surface area (Å²) in [5, 5.41) is 7.95. The van der Waals surface area contributed by atoms with Crippen LogP contribution in [0.1, 0.15) is 30.7 Å². The van der Waals surface area contributed by atoms with Crippen LogP contribution in [0.4, 0.5) is 0 Å². The van der Waals surface area contributed by atoms with Gasteiger partial charge in [0.25, 0.3) is 0 Å². The number of amides is 1. The Morgan fingerprint density at radius 2 is 2.40 bits per heavy atom. The lowest BCUT2D eigenvalue weighted by Crippen LogP contribution is -2.33. The molecule has 0 aliphatic heterocycles. The molecule has 0 saturated heterocycles. The van der Waals surface area contributed by atoms with E-state index in [0.29, 0.717) is 12.6 Å². The Labute approximate surface area is 94.9 Å². The lowest BCUT2D eigenvalue weighted by atomic mass is 10.1. The van der Waals surface area contributed by atoms with E-state index in [9.17, 15) is 4.79 Å². The van der Waals surface area contributed by atoms with Gasteiger partial charge in [-0.15, -0.1) is 11.3 Å². The molecule has 1 unspecified atom stereocenters. The third kappa shape index (κ3) is 4.01. The number of carbonyl (C=O) groups excluding carboxylic acids is 1. The van der Waals surface area contributed by atoms with E-state index in [1.54, 1.807) is 18.4 Å². The maximum Gasteiger partial charge on any atom is 0.233 e. The van der Waals surface area contributed by atoms with Gasteiger partial charge in [-0.3, -0.25) is 4.79 Å². The van der Waals surface area contributed by atoms with Crippen LogP contribution in [-0.4, -0.2) is 19.5 Å². The summed E-state index contributed by atoms with van der Waals surface area (Å²) in [7, 11) is 1.66. The molecule has 0 aliphatic rings. The summed E-state index contributed by atoms with van der Waals surface area (Å²) >= 11 is 1.74. The maximum absolute atomic E-state index is 11.1. The molecule has 0 spiro atoms. The van der Waals surface area contributed by atoms with E-state index in [1.165, 1.54) is 4.88 Å². The first-order chi connectivity index (χ1) is 7.27. The lowest BCUT2D eigenvalue weighted by molar-refractivity contribution is -0.119. The van der Waals surface area contributed by atoms with Gasteiger partial charge >= 0.3 is 0 Å². The molecule has 0 fully saturated rings. The minimum absolute atomic E-state index is 0.0349. The second kappa shape index (κ2) is 6.58. The van der Waals surface area contributed by atoms with Crippen LogP contribution in [0, 0.1) is 0 Å². The molecule has 0 aromatic carbocycles. The molecule has 0 saturated carbocycles. The molecule has 1 heterocycles. The monoisotopic (exact) mass is 226 g/mol. The molecule has 1 amide bonds. The molecule has 15 heavy (non-hydrogen) atoms. The molecule has 0 radical (unpaired) electrons. The number of hydrogen-bond donors (Lipinski definition) is 2. The van der Waals surface area contributed by atoms with Gasteiger partial charge in [0.1, 0.15) is 0 Å². The van der Waals surface area contributed by atoms with Gasteiger partial charge in [0.05, 0.1) is 6.54 Å². The van der Waals surface area contributed by atoms with E-state index in [2.05, 4.69) is 29.0 Å². The fraction of sp³-hybridized carbons (Fsp3) is 0.545. The van der Waals surface area contributed by atoms with Gasteiger partial charge in [-0.05, 0) is 17.9 Å². The number of thiophene rings is 1. The molecular formula is C11H18N2OS. The molecule has 0 bridgehead atoms. The zero-order chi connectivity index (χ0) is 11.1. The van der Waals surface area contributed by atoms with Crippen LogP contribution in [0.3, 0.4) is 0 Å². The van der Waals surface area contributed by atoms with Crippen molar-refractivity contribution in [3.05, 3.63) is 22.4 Å². The summed E-state index contributed by atoms with van der Waals surface area (Å²) in [5.41, 5.74) is 0. The number of rotatable bonds is 6. The summed E-state index contributed by atoms with van der Waals surface area (Å²) in [4.78, 5) is 12.4. The van der Waals surface area contributed by atoms with E-state index >= 15 is 0 Å². The first kappa shape index (κ1) is 12.2. The van der Waals surface area contributed by atoms with Gasteiger partial charge in [0.15, 0.2) is 0 Å². The van der Waals surface area contributed by atoms with Crippen LogP contribution in [0.2, 0.25) is 0 Å². The third-order valence-corrected chi connectivity index (χ3v) is 3.24. The van der Waals surface area contributed by atoms with Crippen LogP contribution in [0.5, 0.6) is 0 Å². The molecule has 1 atom stereocenters. The third-order valence-electron chi connectivity index (χ3n) is 2.25. The van der Waals surface area contributed by atoms with Crippen molar-refractivity contribution in [3.8, 4) is 0 Å². The maximum atomic E-state index is 11.1. The van der Waals surface area contributed by atoms with Crippen molar-refractivity contribution in [3.63, 3.8) is 0 Å². The fourth-order valence-corrected chi connectivity index (χ4v) is 2.26. The minimum Gasteiger partial charge on any atom is -0.358 e. The number of nitrogens with one attached hydrogen (secondary N) is 2. The Balaban J connectivity index is 2.48. The molecule has 2 N–H and O–H groups in total. The van der Waals surface area contributed by atoms with Gasteiger partial charge in [0.2, 0.25) is 5.91 Å². The van der Waals surface area contributed by atoms with E-state index in [0.717, 1.165) is 12.8 Å². The summed E-state index contributed by atoms with van der Waals surface area (Å²) in [5.74, 6) is 0.0349. The zero-order valence-electron chi connectivity index (χ0n) is 9.25. The lowest BCUT2D eigenvalue weighted by Gasteiger charge is -2.15. The molecule has 3 nitrogen and oxygen atoms in total. The smallest absolute Gasteiger partial charge is 0.233 e. The van der Waals surface area contributed by atoms with E-state index in [4.69, 9.17) is 0 Å². The average Bonchev–Trinajstić information content (AvgIpc) is 2.76. The van der Waals surface area contributed by atoms with Gasteiger partial charge < -0.3 is 10.6 Å². The normalized spacial score (nSPS) is 12.4. The number of hydrogen-bond acceptors (Lipinski definition) is 3. The van der Waals surface area contributed by atoms with Crippen LogP contribution in [-0.2, 0) is 4.79 Å². The quantitative estimate of drug-likeness (QED) is 0.778. The molecule has 4 heteroatoms. The average molecular weight is 226 g/mol. The first-order valence-corrected chi connectivity index (χ1v) is 6.13. The van der Waals surface area contributed by atoms with E-state index < -0.39 is 0 Å². The van der Waals surface area contributed by atoms with E-state index in [-0.39, 0.29) is 5.91 Å². The van der Waals surface area contributed by atoms with Crippen molar-refractivity contribution >= 4 is 17.2 Å². The number of likely N-dealkylation sites (N-methyl/N-ethyl adjacent to an activating group) is 1. The van der Waals surface area contributed by atoms with Crippen LogP contribution in [0.15, 0.2) is 17.5 Å². The zero-order valence-corrected chi connectivity index (χ0v) is 10.1. The van der Waals surface area contributed by atoms with E-state index in [1.807, 2.05) is 6.07 Å². The highest BCUT2D eigenvalue weighted by atomic mass is 32.1. The Kier molecular flexibility index (Phi) is 5.36. The second-order valence-corrected chi connectivity index (χ2v) is 4.39. The summed E-state index contributed by atoms with van der Waals surface area (Å²) < 4.78 is 0. The van der Waals surface area contributed by atoms with Gasteiger partial charge in [-0.1, -0.05) is 19.4 Å². The van der Waals surface area contributed by atoms with Crippen molar-refractivity contribution in [2.24, 2.45) is 0 Å². The Bertz CT molecular complexity index is 285. The SMILES string of the molecule is CCCC(NCC(=O)NC)c1cccs1. The summed E-state index contributed by atoms with van der Waals surface area (Å²) in [6.45, 7) is 2.54. The molecule has 1 aromatic rings. The topological polar surface area (TPSA) is 41.1 Å². The first-order valence-electron chi connectivity index (χ1n) is 5.25. The van der Waals surface area contributed by atoms with Crippen molar-refractivity contribution in [1.29, 1.82) is 0 Å². The Morgan fingerprint density at radius 1 is 1.60 bits per heavy atom. The molecule has 1 aromatic heterocycles. The van der Waals surface area contributed by atoms with Crippen LogP contribution < -0.4 is 10.6 Å². The predicted octanol–water partition coefficient (Wildman–Crippen LogP) is 1.92. The molecule has 84 valence electrons. The second-order valence-electron chi connectivity index (χ2n) is 3.41. The van der Waals surface area contributed by atoms with Gasteiger partial charge in [-0.2, -0.15) is 0 Å². The van der Waals surface area contributed by atoms with Crippen LogP contribution >= 0.6 is 11.3 Å². The van der Waals surface area contributed by atoms with Crippen LogP contribution in [0.25, 0.3) is 0 Å². The van der Waals surface area contributed by atoms with Crippen molar-refractivity contribution in [2.45, 2.75) is 25.8 Å². The Morgan fingerprint density at radius 3 is 2.93 bits per heavy atom. The molecule has 0 aliphatic carbocycles. The highest BCUT2D eigenvalue weighted by Crippen LogP contribution is 2.22. The highest BCUT2D eigenvalue weighted by Gasteiger charge is 2.11. The van der Waals surface area contributed by atoms with Crippen molar-refractivity contribution < 1.29 is 4.79 Å². The molecular weight excluding hydrogens is 208 g/mol. The largest absolute Gasteiger partial charge is 0.358 e. The molecule has 1 rings (SSSR count). The standard InChI is InChI=1S/C11H18N2OS/c1-3-5-9(10-6-4-7-15-10)13-8-11(14)12-2/h4,6-7,9,13H,3,5,8H2,1-2H3,(H,12,14). The fourth-order valence-electron chi connectivity index (χ4n) is 1.43. The van der Waals surface area contributed by atoms with Gasteiger partial charge in [-0.25, -0.2) is 0 Å².